The van der Waals surface area contributed by atoms with E-state index in [4.69, 9.17) is 14.2 Å². The fraction of sp³-hybridized carbons (Fsp3) is 0.333. The Morgan fingerprint density at radius 3 is 2.53 bits per heavy atom. The lowest BCUT2D eigenvalue weighted by atomic mass is 10.1. The summed E-state index contributed by atoms with van der Waals surface area (Å²) in [6.45, 7) is 3.69. The van der Waals surface area contributed by atoms with E-state index in [1.54, 1.807) is 20.3 Å². The van der Waals surface area contributed by atoms with Crippen molar-refractivity contribution in [3.63, 3.8) is 0 Å². The first kappa shape index (κ1) is 10.1. The molecule has 2 unspecified atom stereocenters. The number of rotatable bonds is 4. The first-order valence-corrected chi connectivity index (χ1v) is 4.80. The maximum atomic E-state index is 5.41. The van der Waals surface area contributed by atoms with Gasteiger partial charge in [0.2, 0.25) is 0 Å². The van der Waals surface area contributed by atoms with Gasteiger partial charge < -0.3 is 14.2 Å². The van der Waals surface area contributed by atoms with Gasteiger partial charge in [-0.3, -0.25) is 0 Å². The lowest BCUT2D eigenvalue weighted by molar-refractivity contribution is 0.352. The Hall–Kier alpha value is -1.48. The minimum absolute atomic E-state index is 0.127. The molecule has 1 aliphatic heterocycles. The van der Waals surface area contributed by atoms with Crippen LogP contribution in [0.25, 0.3) is 0 Å². The molecular formula is C12H14O3. The molecule has 15 heavy (non-hydrogen) atoms. The van der Waals surface area contributed by atoms with Gasteiger partial charge in [-0.05, 0) is 17.7 Å². The van der Waals surface area contributed by atoms with E-state index >= 15 is 0 Å². The Morgan fingerprint density at radius 2 is 2.00 bits per heavy atom. The van der Waals surface area contributed by atoms with Crippen molar-refractivity contribution in [1.82, 2.24) is 0 Å². The number of hydrogen-bond donors (Lipinski definition) is 0. The van der Waals surface area contributed by atoms with E-state index in [0.717, 1.165) is 17.1 Å². The molecule has 1 fully saturated rings. The molecule has 0 N–H and O–H groups in total. The predicted molar refractivity (Wildman–Crippen MR) is 57.4 cm³/mol. The SMILES string of the molecule is C=CC1OC1c1ccc(OC)c(OC)c1. The number of epoxide rings is 1. The summed E-state index contributed by atoms with van der Waals surface area (Å²) in [7, 11) is 3.25. The Balaban J connectivity index is 2.24. The van der Waals surface area contributed by atoms with Crippen LogP contribution in [0.5, 0.6) is 11.5 Å². The van der Waals surface area contributed by atoms with E-state index in [1.807, 2.05) is 18.2 Å². The standard InChI is InChI=1S/C12H14O3/c1-4-9-12(15-9)8-5-6-10(13-2)11(7-8)14-3/h4-7,9,12H,1H2,2-3H3. The van der Waals surface area contributed by atoms with Crippen LogP contribution >= 0.6 is 0 Å². The van der Waals surface area contributed by atoms with E-state index in [-0.39, 0.29) is 12.2 Å². The molecular weight excluding hydrogens is 192 g/mol. The summed E-state index contributed by atoms with van der Waals surface area (Å²) in [5.41, 5.74) is 1.09. The van der Waals surface area contributed by atoms with Gasteiger partial charge in [0.25, 0.3) is 0 Å². The molecule has 0 aliphatic carbocycles. The van der Waals surface area contributed by atoms with Crippen molar-refractivity contribution in [3.8, 4) is 11.5 Å². The van der Waals surface area contributed by atoms with Crippen molar-refractivity contribution in [2.24, 2.45) is 0 Å². The molecule has 2 rings (SSSR count). The normalized spacial score (nSPS) is 23.3. The highest BCUT2D eigenvalue weighted by atomic mass is 16.6. The zero-order valence-electron chi connectivity index (χ0n) is 8.90. The number of benzene rings is 1. The first-order valence-electron chi connectivity index (χ1n) is 4.80. The van der Waals surface area contributed by atoms with Crippen LogP contribution in [0.4, 0.5) is 0 Å². The van der Waals surface area contributed by atoms with Crippen LogP contribution in [-0.2, 0) is 4.74 Å². The summed E-state index contributed by atoms with van der Waals surface area (Å²) in [5, 5.41) is 0. The highest BCUT2D eigenvalue weighted by Gasteiger charge is 2.37. The van der Waals surface area contributed by atoms with Crippen molar-refractivity contribution in [2.75, 3.05) is 14.2 Å². The molecule has 0 aromatic heterocycles. The maximum Gasteiger partial charge on any atom is 0.161 e. The van der Waals surface area contributed by atoms with Gasteiger partial charge in [-0.25, -0.2) is 0 Å². The zero-order valence-corrected chi connectivity index (χ0v) is 8.90. The van der Waals surface area contributed by atoms with E-state index < -0.39 is 0 Å². The minimum Gasteiger partial charge on any atom is -0.493 e. The van der Waals surface area contributed by atoms with Crippen LogP contribution in [0, 0.1) is 0 Å². The molecule has 3 heteroatoms. The molecule has 3 nitrogen and oxygen atoms in total. The van der Waals surface area contributed by atoms with Crippen LogP contribution in [-0.4, -0.2) is 20.3 Å². The second-order valence-electron chi connectivity index (χ2n) is 3.37. The number of hydrogen-bond acceptors (Lipinski definition) is 3. The molecule has 1 heterocycles. The van der Waals surface area contributed by atoms with Crippen LogP contribution in [0.3, 0.4) is 0 Å². The zero-order chi connectivity index (χ0) is 10.8. The predicted octanol–water partition coefficient (Wildman–Crippen LogP) is 2.33. The molecule has 0 bridgehead atoms. The Labute approximate surface area is 89.3 Å². The van der Waals surface area contributed by atoms with Crippen LogP contribution in [0.2, 0.25) is 0 Å². The smallest absolute Gasteiger partial charge is 0.161 e. The van der Waals surface area contributed by atoms with Crippen LogP contribution in [0.15, 0.2) is 30.9 Å². The summed E-state index contributed by atoms with van der Waals surface area (Å²) in [6, 6.07) is 5.80. The lowest BCUT2D eigenvalue weighted by Gasteiger charge is -2.08. The average Bonchev–Trinajstić information content (AvgIpc) is 3.07. The molecule has 1 aromatic rings. The largest absolute Gasteiger partial charge is 0.493 e. The average molecular weight is 206 g/mol. The molecule has 1 aliphatic rings. The van der Waals surface area contributed by atoms with Crippen molar-refractivity contribution >= 4 is 0 Å². The number of ether oxygens (including phenoxy) is 3. The molecule has 0 radical (unpaired) electrons. The van der Waals surface area contributed by atoms with E-state index in [1.165, 1.54) is 0 Å². The Morgan fingerprint density at radius 1 is 1.27 bits per heavy atom. The van der Waals surface area contributed by atoms with Gasteiger partial charge in [0, 0.05) is 0 Å². The van der Waals surface area contributed by atoms with Gasteiger partial charge >= 0.3 is 0 Å². The molecule has 0 amide bonds. The molecule has 0 spiro atoms. The molecule has 0 saturated carbocycles. The molecule has 1 saturated heterocycles. The third-order valence-corrected chi connectivity index (χ3v) is 2.49. The van der Waals surface area contributed by atoms with E-state index in [2.05, 4.69) is 6.58 Å². The summed E-state index contributed by atoms with van der Waals surface area (Å²) in [5.74, 6) is 1.46. The van der Waals surface area contributed by atoms with Crippen molar-refractivity contribution < 1.29 is 14.2 Å². The van der Waals surface area contributed by atoms with Gasteiger partial charge in [-0.1, -0.05) is 12.1 Å². The van der Waals surface area contributed by atoms with Crippen LogP contribution < -0.4 is 9.47 Å². The van der Waals surface area contributed by atoms with Crippen LogP contribution in [0.1, 0.15) is 11.7 Å². The topological polar surface area (TPSA) is 31.0 Å². The highest BCUT2D eigenvalue weighted by Crippen LogP contribution is 2.42. The van der Waals surface area contributed by atoms with Crippen molar-refractivity contribution in [2.45, 2.75) is 12.2 Å². The monoisotopic (exact) mass is 206 g/mol. The fourth-order valence-electron chi connectivity index (χ4n) is 1.60. The van der Waals surface area contributed by atoms with Gasteiger partial charge in [0.05, 0.1) is 14.2 Å². The third-order valence-electron chi connectivity index (χ3n) is 2.49. The number of methoxy groups -OCH3 is 2. The Kier molecular flexibility index (Phi) is 2.64. The van der Waals surface area contributed by atoms with E-state index in [0.29, 0.717) is 0 Å². The molecule has 2 atom stereocenters. The van der Waals surface area contributed by atoms with Gasteiger partial charge in [-0.2, -0.15) is 0 Å². The van der Waals surface area contributed by atoms with Crippen molar-refractivity contribution in [3.05, 3.63) is 36.4 Å². The summed E-state index contributed by atoms with van der Waals surface area (Å²) in [6.07, 6.45) is 2.08. The molecule has 80 valence electrons. The second kappa shape index (κ2) is 3.95. The highest BCUT2D eigenvalue weighted by molar-refractivity contribution is 5.44. The first-order chi connectivity index (χ1) is 7.30. The van der Waals surface area contributed by atoms with Crippen molar-refractivity contribution in [1.29, 1.82) is 0 Å². The summed E-state index contributed by atoms with van der Waals surface area (Å²) in [4.78, 5) is 0. The minimum atomic E-state index is 0.127. The second-order valence-corrected chi connectivity index (χ2v) is 3.37. The van der Waals surface area contributed by atoms with Gasteiger partial charge in [-0.15, -0.1) is 6.58 Å². The lowest BCUT2D eigenvalue weighted by Crippen LogP contribution is -1.92. The fourth-order valence-corrected chi connectivity index (χ4v) is 1.60. The summed E-state index contributed by atoms with van der Waals surface area (Å²) >= 11 is 0. The quantitative estimate of drug-likeness (QED) is 0.559. The van der Waals surface area contributed by atoms with Gasteiger partial charge in [0.15, 0.2) is 11.5 Å². The third kappa shape index (κ3) is 1.83. The summed E-state index contributed by atoms with van der Waals surface area (Å²) < 4.78 is 15.8. The van der Waals surface area contributed by atoms with E-state index in [9.17, 15) is 0 Å². The Bertz CT molecular complexity index is 373. The maximum absolute atomic E-state index is 5.41. The van der Waals surface area contributed by atoms with Gasteiger partial charge in [0.1, 0.15) is 12.2 Å². The molecule has 1 aromatic carbocycles.